The van der Waals surface area contributed by atoms with Crippen molar-refractivity contribution >= 4 is 44.1 Å². The second-order valence-electron chi connectivity index (χ2n) is 5.20. The van der Waals surface area contributed by atoms with Crippen molar-refractivity contribution in [1.82, 2.24) is 9.97 Å². The number of pyridine rings is 1. The lowest BCUT2D eigenvalue weighted by molar-refractivity contribution is 0.103. The summed E-state index contributed by atoms with van der Waals surface area (Å²) in [5.41, 5.74) is -6.48. The summed E-state index contributed by atoms with van der Waals surface area (Å²) in [7, 11) is -5.58. The molecule has 0 bridgehead atoms. The molecule has 0 atom stereocenters. The predicted molar refractivity (Wildman–Crippen MR) is 98.6 cm³/mol. The van der Waals surface area contributed by atoms with Crippen molar-refractivity contribution in [3.63, 3.8) is 0 Å². The van der Waals surface area contributed by atoms with Crippen molar-refractivity contribution in [3.8, 4) is 0 Å². The molecule has 0 fully saturated rings. The molecule has 3 aromatic rings. The van der Waals surface area contributed by atoms with Gasteiger partial charge in [-0.25, -0.2) is 22.2 Å². The van der Waals surface area contributed by atoms with Crippen LogP contribution in [0.25, 0.3) is 11.0 Å². The molecule has 0 aliphatic rings. The van der Waals surface area contributed by atoms with Crippen LogP contribution in [0.4, 0.5) is 14.5 Å². The standard InChI is InChI=1S/C17H14ClF2N3O3S/c1-2-5-27(25,26)23-13-4-3-12(19)14(15(13)20)16(24)11-8-22-17-10(11)6-9(18)7-21-17/h3-4,6-8,23H,2,5H2,1H3,(H,21,22)/i1D3,2D2,5D2. The highest BCUT2D eigenvalue weighted by Gasteiger charge is 2.25. The number of hydrogen-bond donors (Lipinski definition) is 2. The molecule has 27 heavy (non-hydrogen) atoms. The molecule has 0 saturated carbocycles. The lowest BCUT2D eigenvalue weighted by Crippen LogP contribution is -2.18. The first-order chi connectivity index (χ1) is 15.4. The quantitative estimate of drug-likeness (QED) is 0.592. The van der Waals surface area contributed by atoms with Gasteiger partial charge in [0.1, 0.15) is 11.5 Å². The van der Waals surface area contributed by atoms with Crippen LogP contribution in [0.2, 0.25) is 5.02 Å². The monoisotopic (exact) mass is 420 g/mol. The molecule has 0 aliphatic heterocycles. The van der Waals surface area contributed by atoms with Crippen molar-refractivity contribution in [2.24, 2.45) is 0 Å². The van der Waals surface area contributed by atoms with E-state index >= 15 is 4.39 Å². The van der Waals surface area contributed by atoms with Gasteiger partial charge in [-0.3, -0.25) is 9.52 Å². The number of nitrogens with one attached hydrogen (secondary N) is 2. The maximum atomic E-state index is 15.1. The Bertz CT molecular complexity index is 1410. The van der Waals surface area contributed by atoms with Gasteiger partial charge in [0, 0.05) is 32.9 Å². The van der Waals surface area contributed by atoms with Crippen molar-refractivity contribution in [3.05, 3.63) is 58.4 Å². The summed E-state index contributed by atoms with van der Waals surface area (Å²) in [5, 5.41) is 0.235. The number of nitrogens with zero attached hydrogens (tertiary/aromatic N) is 1. The van der Waals surface area contributed by atoms with Gasteiger partial charge in [-0.05, 0) is 24.6 Å². The molecular formula is C17H14ClF2N3O3S. The highest BCUT2D eigenvalue weighted by molar-refractivity contribution is 7.92. The smallest absolute Gasteiger partial charge is 0.232 e. The molecule has 0 aliphatic carbocycles. The van der Waals surface area contributed by atoms with E-state index in [1.165, 1.54) is 17.0 Å². The molecule has 0 radical (unpaired) electrons. The number of fused-ring (bicyclic) bond motifs is 1. The number of aromatic nitrogens is 2. The number of halogens is 3. The molecular weight excluding hydrogens is 400 g/mol. The maximum Gasteiger partial charge on any atom is 0.232 e. The van der Waals surface area contributed by atoms with E-state index in [0.29, 0.717) is 12.1 Å². The van der Waals surface area contributed by atoms with Crippen molar-refractivity contribution < 1.29 is 31.6 Å². The average Bonchev–Trinajstić information content (AvgIpc) is 3.12. The topological polar surface area (TPSA) is 91.9 Å². The highest BCUT2D eigenvalue weighted by atomic mass is 35.5. The van der Waals surface area contributed by atoms with Crippen LogP contribution in [0.1, 0.15) is 38.7 Å². The third-order valence-corrected chi connectivity index (χ3v) is 4.56. The fourth-order valence-corrected chi connectivity index (χ4v) is 3.17. The van der Waals surface area contributed by atoms with Crippen molar-refractivity contribution in [2.45, 2.75) is 13.2 Å². The molecule has 0 spiro atoms. The number of ketones is 1. The first-order valence-corrected chi connectivity index (χ1v) is 8.96. The zero-order valence-corrected chi connectivity index (χ0v) is 14.7. The first kappa shape index (κ1) is 12.0. The number of carbonyl (C=O) groups is 1. The van der Waals surface area contributed by atoms with E-state index < -0.39 is 57.6 Å². The molecule has 6 nitrogen and oxygen atoms in total. The van der Waals surface area contributed by atoms with Gasteiger partial charge in [-0.15, -0.1) is 0 Å². The van der Waals surface area contributed by atoms with Crippen LogP contribution < -0.4 is 4.72 Å². The van der Waals surface area contributed by atoms with Gasteiger partial charge in [0.15, 0.2) is 5.82 Å². The van der Waals surface area contributed by atoms with Crippen LogP contribution in [0.3, 0.4) is 0 Å². The highest BCUT2D eigenvalue weighted by Crippen LogP contribution is 2.28. The third kappa shape index (κ3) is 3.79. The van der Waals surface area contributed by atoms with E-state index in [4.69, 9.17) is 21.2 Å². The Labute approximate surface area is 168 Å². The van der Waals surface area contributed by atoms with Crippen LogP contribution in [-0.2, 0) is 10.0 Å². The van der Waals surface area contributed by atoms with Crippen LogP contribution >= 0.6 is 11.6 Å². The summed E-state index contributed by atoms with van der Waals surface area (Å²) < 4.78 is 108. The number of benzene rings is 1. The Kier molecular flexibility index (Phi) is 3.23. The van der Waals surface area contributed by atoms with Gasteiger partial charge in [-0.2, -0.15) is 0 Å². The minimum absolute atomic E-state index is 0.115. The Hall–Kier alpha value is -2.52. The molecule has 0 saturated heterocycles. The number of sulfonamides is 1. The van der Waals surface area contributed by atoms with Gasteiger partial charge in [-0.1, -0.05) is 18.5 Å². The summed E-state index contributed by atoms with van der Waals surface area (Å²) in [6.07, 6.45) is -1.55. The number of rotatable bonds is 6. The summed E-state index contributed by atoms with van der Waals surface area (Å²) in [4.78, 5) is 19.5. The minimum atomic E-state index is -5.58. The van der Waals surface area contributed by atoms with Crippen molar-refractivity contribution in [2.75, 3.05) is 10.4 Å². The SMILES string of the molecule is [2H]C([2H])([2H])C([2H])([2H])C([2H])([2H])S(=O)(=O)Nc1ccc(F)c(C(=O)c2c[nH]c3ncc(Cl)cc23)c1F. The number of anilines is 1. The second-order valence-corrected chi connectivity index (χ2v) is 7.05. The lowest BCUT2D eigenvalue weighted by atomic mass is 10.0. The average molecular weight is 421 g/mol. The van der Waals surface area contributed by atoms with E-state index in [-0.39, 0.29) is 21.6 Å². The minimum Gasteiger partial charge on any atom is -0.345 e. The zero-order valence-electron chi connectivity index (χ0n) is 20.1. The van der Waals surface area contributed by atoms with Gasteiger partial charge in [0.2, 0.25) is 15.8 Å². The second kappa shape index (κ2) is 7.24. The fraction of sp³-hybridized carbons (Fsp3) is 0.176. The number of H-pyrrole nitrogens is 1. The third-order valence-electron chi connectivity index (χ3n) is 3.49. The molecule has 2 N–H and O–H groups in total. The van der Waals surface area contributed by atoms with Crippen LogP contribution in [0.5, 0.6) is 0 Å². The van der Waals surface area contributed by atoms with Gasteiger partial charge in [0.25, 0.3) is 0 Å². The predicted octanol–water partition coefficient (Wildman–Crippen LogP) is 3.88. The number of carbonyl (C=O) groups excluding carboxylic acids is 1. The van der Waals surface area contributed by atoms with E-state index in [1.54, 1.807) is 0 Å². The zero-order chi connectivity index (χ0) is 25.9. The van der Waals surface area contributed by atoms with Crippen LogP contribution in [0.15, 0.2) is 30.6 Å². The lowest BCUT2D eigenvalue weighted by Gasteiger charge is -2.11. The summed E-state index contributed by atoms with van der Waals surface area (Å²) in [6, 6.07) is 2.37. The van der Waals surface area contributed by atoms with Gasteiger partial charge < -0.3 is 4.98 Å². The van der Waals surface area contributed by atoms with E-state index in [1.807, 2.05) is 0 Å². The molecule has 1 aromatic carbocycles. The number of hydrogen-bond acceptors (Lipinski definition) is 4. The first-order valence-electron chi connectivity index (χ1n) is 10.6. The molecule has 10 heteroatoms. The molecule has 2 heterocycles. The molecule has 2 aromatic heterocycles. The molecule has 0 amide bonds. The maximum absolute atomic E-state index is 15.1. The summed E-state index contributed by atoms with van der Waals surface area (Å²) >= 11 is 5.85. The molecule has 0 unspecified atom stereocenters. The Balaban J connectivity index is 2.08. The Morgan fingerprint density at radius 3 is 2.96 bits per heavy atom. The van der Waals surface area contributed by atoms with E-state index in [0.717, 1.165) is 6.20 Å². The molecule has 142 valence electrons. The molecule has 3 rings (SSSR count). The van der Waals surface area contributed by atoms with E-state index in [2.05, 4.69) is 9.97 Å². The summed E-state index contributed by atoms with van der Waals surface area (Å²) in [6.45, 7) is -3.71. The number of aromatic amines is 1. The van der Waals surface area contributed by atoms with E-state index in [9.17, 15) is 17.6 Å². The van der Waals surface area contributed by atoms with Crippen molar-refractivity contribution in [1.29, 1.82) is 0 Å². The fourth-order valence-electron chi connectivity index (χ4n) is 2.38. The van der Waals surface area contributed by atoms with Gasteiger partial charge in [0.05, 0.1) is 22.0 Å². The Morgan fingerprint density at radius 2 is 2.22 bits per heavy atom. The summed E-state index contributed by atoms with van der Waals surface area (Å²) in [5.74, 6) is -4.34. The van der Waals surface area contributed by atoms with Gasteiger partial charge >= 0.3 is 0 Å². The normalized spacial score (nSPS) is 17.1. The largest absolute Gasteiger partial charge is 0.345 e. The van der Waals surface area contributed by atoms with Crippen LogP contribution in [-0.4, -0.2) is 29.9 Å². The van der Waals surface area contributed by atoms with Crippen LogP contribution in [0, 0.1) is 11.6 Å². The Morgan fingerprint density at radius 1 is 1.44 bits per heavy atom.